The Labute approximate surface area is 441 Å². The van der Waals surface area contributed by atoms with Crippen molar-refractivity contribution in [3.63, 3.8) is 0 Å². The first-order valence-electron chi connectivity index (χ1n) is 26.1. The Morgan fingerprint density at radius 2 is 1.00 bits per heavy atom. The highest BCUT2D eigenvalue weighted by atomic mass is 15.1. The molecule has 0 bridgehead atoms. The molecule has 2 aliphatic carbocycles. The number of para-hydroxylation sites is 1. The second kappa shape index (κ2) is 19.3. The van der Waals surface area contributed by atoms with Gasteiger partial charge in [0, 0.05) is 38.9 Å². The third kappa shape index (κ3) is 7.98. The number of anilines is 2. The van der Waals surface area contributed by atoms with E-state index in [1.54, 1.807) is 0 Å². The molecule has 0 aliphatic heterocycles. The fraction of sp³-hybridized carbons (Fsp3) is 0.0685. The molecule has 75 heavy (non-hydrogen) atoms. The lowest BCUT2D eigenvalue weighted by Crippen LogP contribution is -2.18. The van der Waals surface area contributed by atoms with Crippen LogP contribution in [0.1, 0.15) is 61.1 Å². The zero-order valence-corrected chi connectivity index (χ0v) is 43.1. The summed E-state index contributed by atoms with van der Waals surface area (Å²) in [6, 6.07) is 78.1. The molecule has 10 aromatic rings. The molecule has 2 heteroatoms. The topological polar surface area (TPSA) is 8.17 Å². The lowest BCUT2D eigenvalue weighted by Gasteiger charge is -2.29. The summed E-state index contributed by atoms with van der Waals surface area (Å²) in [4.78, 5) is 2.39. The largest absolute Gasteiger partial charge is 0.310 e. The van der Waals surface area contributed by atoms with Gasteiger partial charge >= 0.3 is 0 Å². The summed E-state index contributed by atoms with van der Waals surface area (Å²) in [6.45, 7) is 17.4. The fourth-order valence-electron chi connectivity index (χ4n) is 11.9. The first-order valence-corrected chi connectivity index (χ1v) is 26.1. The summed E-state index contributed by atoms with van der Waals surface area (Å²) < 4.78 is 2.43. The van der Waals surface area contributed by atoms with Crippen molar-refractivity contribution in [2.45, 2.75) is 33.1 Å². The molecule has 1 aromatic heterocycles. The molecule has 0 spiro atoms. The van der Waals surface area contributed by atoms with Crippen LogP contribution in [0.3, 0.4) is 0 Å². The van der Waals surface area contributed by atoms with Crippen LogP contribution >= 0.6 is 0 Å². The Hall–Kier alpha value is -9.24. The number of benzene rings is 9. The molecule has 2 aliphatic rings. The van der Waals surface area contributed by atoms with Crippen LogP contribution in [-0.2, 0) is 5.41 Å². The van der Waals surface area contributed by atoms with Gasteiger partial charge in [-0.15, -0.1) is 0 Å². The summed E-state index contributed by atoms with van der Waals surface area (Å²) in [7, 11) is 0. The maximum absolute atomic E-state index is 4.20. The van der Waals surface area contributed by atoms with Gasteiger partial charge < -0.3 is 9.47 Å². The second-order valence-electron chi connectivity index (χ2n) is 20.0. The zero-order chi connectivity index (χ0) is 51.2. The maximum atomic E-state index is 4.20. The van der Waals surface area contributed by atoms with Crippen LogP contribution < -0.4 is 4.90 Å². The number of fused-ring (bicyclic) bond motifs is 7. The Morgan fingerprint density at radius 1 is 0.480 bits per heavy atom. The highest BCUT2D eigenvalue weighted by Crippen LogP contribution is 2.54. The van der Waals surface area contributed by atoms with Crippen LogP contribution in [0, 0.1) is 0 Å². The normalized spacial score (nSPS) is 14.7. The molecule has 0 fully saturated rings. The van der Waals surface area contributed by atoms with E-state index < -0.39 is 0 Å². The van der Waals surface area contributed by atoms with Gasteiger partial charge in [0.1, 0.15) is 0 Å². The molecular formula is C73H58N2. The lowest BCUT2D eigenvalue weighted by atomic mass is 9.81. The van der Waals surface area contributed by atoms with Crippen LogP contribution in [0.25, 0.3) is 77.6 Å². The first-order chi connectivity index (χ1) is 36.8. The number of aromatic nitrogens is 1. The van der Waals surface area contributed by atoms with E-state index in [0.717, 1.165) is 39.5 Å². The molecule has 0 atom stereocenters. The number of allylic oxidation sites excluding steroid dienone is 10. The van der Waals surface area contributed by atoms with E-state index in [2.05, 4.69) is 293 Å². The van der Waals surface area contributed by atoms with E-state index in [0.29, 0.717) is 0 Å². The molecule has 2 nitrogen and oxygen atoms in total. The Bertz CT molecular complexity index is 4000. The van der Waals surface area contributed by atoms with Crippen molar-refractivity contribution in [1.82, 2.24) is 4.57 Å². The van der Waals surface area contributed by atoms with Crippen molar-refractivity contribution in [3.05, 3.63) is 313 Å². The molecular weight excluding hydrogens is 905 g/mol. The molecule has 0 amide bonds. The van der Waals surface area contributed by atoms with Crippen LogP contribution in [-0.4, -0.2) is 4.57 Å². The molecule has 360 valence electrons. The Morgan fingerprint density at radius 3 is 1.59 bits per heavy atom. The van der Waals surface area contributed by atoms with E-state index in [1.165, 1.54) is 94.2 Å². The summed E-state index contributed by atoms with van der Waals surface area (Å²) in [5, 5.41) is 2.49. The van der Waals surface area contributed by atoms with Crippen molar-refractivity contribution in [2.75, 3.05) is 4.90 Å². The molecule has 12 rings (SSSR count). The fourth-order valence-corrected chi connectivity index (χ4v) is 11.9. The van der Waals surface area contributed by atoms with E-state index in [-0.39, 0.29) is 5.41 Å². The lowest BCUT2D eigenvalue weighted by molar-refractivity contribution is 0.660. The van der Waals surface area contributed by atoms with Gasteiger partial charge in [0.2, 0.25) is 0 Å². The summed E-state index contributed by atoms with van der Waals surface area (Å²) >= 11 is 0. The smallest absolute Gasteiger partial charge is 0.0547 e. The molecule has 0 radical (unpaired) electrons. The molecule has 0 saturated carbocycles. The minimum Gasteiger partial charge on any atom is -0.310 e. The molecule has 9 aromatic carbocycles. The van der Waals surface area contributed by atoms with E-state index in [1.807, 2.05) is 12.2 Å². The van der Waals surface area contributed by atoms with Gasteiger partial charge in [-0.3, -0.25) is 0 Å². The average Bonchev–Trinajstić information content (AvgIpc) is 4.03. The quantitative estimate of drug-likeness (QED) is 0.117. The highest BCUT2D eigenvalue weighted by molar-refractivity contribution is 6.18. The number of nitrogens with zero attached hydrogens (tertiary/aromatic N) is 2. The molecule has 0 saturated heterocycles. The van der Waals surface area contributed by atoms with Crippen molar-refractivity contribution >= 4 is 49.9 Å². The van der Waals surface area contributed by atoms with Crippen molar-refractivity contribution in [1.29, 1.82) is 0 Å². The second-order valence-corrected chi connectivity index (χ2v) is 20.0. The van der Waals surface area contributed by atoms with Gasteiger partial charge in [-0.05, 0) is 170 Å². The predicted octanol–water partition coefficient (Wildman–Crippen LogP) is 19.7. The predicted molar refractivity (Wildman–Crippen MR) is 322 cm³/mol. The van der Waals surface area contributed by atoms with Gasteiger partial charge in [-0.2, -0.15) is 0 Å². The van der Waals surface area contributed by atoms with Gasteiger partial charge in [0.05, 0.1) is 11.0 Å². The summed E-state index contributed by atoms with van der Waals surface area (Å²) in [6.07, 6.45) is 14.6. The molecule has 0 N–H and O–H groups in total. The molecule has 0 unspecified atom stereocenters. The highest BCUT2D eigenvalue weighted by Gasteiger charge is 2.37. The van der Waals surface area contributed by atoms with Crippen LogP contribution in [0.5, 0.6) is 0 Å². The first kappa shape index (κ1) is 46.8. The van der Waals surface area contributed by atoms with Crippen LogP contribution in [0.15, 0.2) is 279 Å². The van der Waals surface area contributed by atoms with Crippen LogP contribution in [0.4, 0.5) is 11.4 Å². The number of hydrogen-bond acceptors (Lipinski definition) is 1. The average molecular weight is 963 g/mol. The summed E-state index contributed by atoms with van der Waals surface area (Å²) in [5.74, 6) is 0. The zero-order valence-electron chi connectivity index (χ0n) is 43.1. The van der Waals surface area contributed by atoms with Crippen molar-refractivity contribution < 1.29 is 0 Å². The van der Waals surface area contributed by atoms with Gasteiger partial charge in [0.15, 0.2) is 0 Å². The molecule has 1 heterocycles. The van der Waals surface area contributed by atoms with Gasteiger partial charge in [-0.25, -0.2) is 0 Å². The van der Waals surface area contributed by atoms with Gasteiger partial charge in [0.25, 0.3) is 0 Å². The van der Waals surface area contributed by atoms with Crippen molar-refractivity contribution in [2.24, 2.45) is 0 Å². The monoisotopic (exact) mass is 962 g/mol. The maximum Gasteiger partial charge on any atom is 0.0547 e. The third-order valence-corrected chi connectivity index (χ3v) is 15.4. The number of hydrogen-bond donors (Lipinski definition) is 0. The van der Waals surface area contributed by atoms with E-state index >= 15 is 0 Å². The van der Waals surface area contributed by atoms with E-state index in [4.69, 9.17) is 0 Å². The minimum atomic E-state index is -0.290. The number of rotatable bonds is 11. The van der Waals surface area contributed by atoms with Gasteiger partial charge in [-0.1, -0.05) is 215 Å². The standard InChI is InChI=1S/C73H58N2/c1-7-23-55(24-8-2)74(57-37-42-60-59(10-4)65(25-9-3)72(66(60)47-57)71(50-28-17-12-18-29-50)51-30-19-13-20-31-51)58-38-43-62-61-39-34-52(44-67(61)73(5,6)68(62)48-58)54-36-41-64-63-40-35-53(49-26-15-11-16-27-49)45-69(63)75(70(64)46-54)56-32-21-14-22-33-56/h7-48H,1,3H2,2,4-6H3/b24-8-,55-23+,59-10-,65-25+. The SMILES string of the molecule is C=C/C=C1/C(=C(c2ccccc2)c2ccccc2)c2cc(N(C(/C=C\C)=C/C=C)c3ccc4c(c3)C(C)(C)c3cc(-c5ccc6c7ccc(-c8ccccc8)cc7n(-c7ccccc7)c6c5)ccc3-4)ccc2/C1=C/C. The minimum absolute atomic E-state index is 0.290. The van der Waals surface area contributed by atoms with Crippen LogP contribution in [0.2, 0.25) is 0 Å². The van der Waals surface area contributed by atoms with Crippen molar-refractivity contribution in [3.8, 4) is 39.1 Å². The third-order valence-electron chi connectivity index (χ3n) is 15.4. The summed E-state index contributed by atoms with van der Waals surface area (Å²) in [5.41, 5.74) is 25.8. The Balaban J connectivity index is 0.979. The van der Waals surface area contributed by atoms with E-state index in [9.17, 15) is 0 Å². The Kier molecular flexibility index (Phi) is 12.1.